The maximum Gasteiger partial charge on any atom is 0.317 e. The number of amides is 1. The molecule has 1 heterocycles. The van der Waals surface area contributed by atoms with Gasteiger partial charge in [-0.1, -0.05) is 32.0 Å². The maximum atomic E-state index is 13.8. The molecule has 0 bridgehead atoms. The van der Waals surface area contributed by atoms with Crippen molar-refractivity contribution in [1.82, 2.24) is 9.80 Å². The predicted octanol–water partition coefficient (Wildman–Crippen LogP) is 2.40. The van der Waals surface area contributed by atoms with E-state index >= 15 is 0 Å². The number of nitrogens with zero attached hydrogens (tertiary/aromatic N) is 2. The second kappa shape index (κ2) is 8.94. The Morgan fingerprint density at radius 3 is 2.52 bits per heavy atom. The fourth-order valence-electron chi connectivity index (χ4n) is 3.52. The minimum atomic E-state index is -0.820. The van der Waals surface area contributed by atoms with Gasteiger partial charge < -0.3 is 10.0 Å². The van der Waals surface area contributed by atoms with E-state index in [4.69, 9.17) is 5.11 Å². The van der Waals surface area contributed by atoms with Crippen LogP contribution in [0, 0.1) is 11.7 Å². The number of rotatable bonds is 7. The zero-order valence-corrected chi connectivity index (χ0v) is 14.9. The Labute approximate surface area is 148 Å². The van der Waals surface area contributed by atoms with Gasteiger partial charge in [-0.05, 0) is 37.4 Å². The highest BCUT2D eigenvalue weighted by atomic mass is 19.1. The van der Waals surface area contributed by atoms with Crippen LogP contribution in [0.4, 0.5) is 4.39 Å². The summed E-state index contributed by atoms with van der Waals surface area (Å²) in [6.45, 7) is 5.77. The highest BCUT2D eigenvalue weighted by Crippen LogP contribution is 2.20. The van der Waals surface area contributed by atoms with Gasteiger partial charge in [-0.25, -0.2) is 4.39 Å². The first-order valence-electron chi connectivity index (χ1n) is 8.90. The quantitative estimate of drug-likeness (QED) is 0.820. The van der Waals surface area contributed by atoms with Crippen LogP contribution in [0.25, 0.3) is 0 Å². The third-order valence-electron chi connectivity index (χ3n) is 4.94. The minimum absolute atomic E-state index is 0.0405. The molecule has 1 aliphatic rings. The molecule has 0 aliphatic carbocycles. The number of carbonyl (C=O) groups excluding carboxylic acids is 1. The third-order valence-corrected chi connectivity index (χ3v) is 4.94. The molecule has 1 N–H and O–H groups in total. The normalized spacial score (nSPS) is 16.9. The molecular weight excluding hydrogens is 323 g/mol. The average Bonchev–Trinajstić information content (AvgIpc) is 2.61. The first-order valence-corrected chi connectivity index (χ1v) is 8.90. The molecule has 1 unspecified atom stereocenters. The van der Waals surface area contributed by atoms with Crippen LogP contribution in [0.1, 0.15) is 32.3 Å². The number of likely N-dealkylation sites (tertiary alicyclic amines) is 1. The van der Waals surface area contributed by atoms with Gasteiger partial charge in [0.2, 0.25) is 5.91 Å². The van der Waals surface area contributed by atoms with Crippen molar-refractivity contribution in [2.24, 2.45) is 5.92 Å². The number of carboxylic acid groups (broad SMARTS) is 1. The number of carbonyl (C=O) groups is 2. The molecule has 1 aromatic carbocycles. The van der Waals surface area contributed by atoms with E-state index in [2.05, 4.69) is 0 Å². The predicted molar refractivity (Wildman–Crippen MR) is 93.8 cm³/mol. The van der Waals surface area contributed by atoms with Gasteiger partial charge in [-0.2, -0.15) is 0 Å². The number of hydrogen-bond acceptors (Lipinski definition) is 3. The van der Waals surface area contributed by atoms with Gasteiger partial charge in [0.1, 0.15) is 5.82 Å². The number of piperidine rings is 1. The molecule has 1 fully saturated rings. The lowest BCUT2D eigenvalue weighted by molar-refractivity contribution is -0.141. The fourth-order valence-corrected chi connectivity index (χ4v) is 3.52. The molecule has 0 aromatic heterocycles. The number of halogens is 1. The topological polar surface area (TPSA) is 60.9 Å². The van der Waals surface area contributed by atoms with E-state index in [-0.39, 0.29) is 30.2 Å². The van der Waals surface area contributed by atoms with Crippen molar-refractivity contribution >= 4 is 11.9 Å². The summed E-state index contributed by atoms with van der Waals surface area (Å²) in [5.41, 5.74) is 0.567. The van der Waals surface area contributed by atoms with Crippen molar-refractivity contribution in [3.63, 3.8) is 0 Å². The third kappa shape index (κ3) is 5.26. The van der Waals surface area contributed by atoms with Crippen LogP contribution in [0.5, 0.6) is 0 Å². The summed E-state index contributed by atoms with van der Waals surface area (Å²) in [4.78, 5) is 27.4. The lowest BCUT2D eigenvalue weighted by Gasteiger charge is -2.38. The number of aliphatic carboxylic acids is 1. The van der Waals surface area contributed by atoms with Gasteiger partial charge in [0, 0.05) is 25.0 Å². The van der Waals surface area contributed by atoms with Crippen LogP contribution in [-0.4, -0.2) is 59.0 Å². The Morgan fingerprint density at radius 1 is 1.32 bits per heavy atom. The summed E-state index contributed by atoms with van der Waals surface area (Å²) in [5, 5.41) is 8.98. The molecule has 1 atom stereocenters. The zero-order valence-electron chi connectivity index (χ0n) is 14.9. The van der Waals surface area contributed by atoms with Crippen molar-refractivity contribution in [3.8, 4) is 0 Å². The molecule has 5 nitrogen and oxygen atoms in total. The monoisotopic (exact) mass is 350 g/mol. The molecule has 0 saturated carbocycles. The molecule has 0 spiro atoms. The summed E-state index contributed by atoms with van der Waals surface area (Å²) in [7, 11) is 0. The Balaban J connectivity index is 1.88. The summed E-state index contributed by atoms with van der Waals surface area (Å²) in [6.07, 6.45) is 1.95. The van der Waals surface area contributed by atoms with Gasteiger partial charge in [0.05, 0.1) is 6.54 Å². The Hall–Kier alpha value is -1.95. The molecule has 2 rings (SSSR count). The molecule has 1 amide bonds. The Kier molecular flexibility index (Phi) is 6.93. The van der Waals surface area contributed by atoms with Crippen LogP contribution in [0.15, 0.2) is 24.3 Å². The van der Waals surface area contributed by atoms with E-state index in [1.807, 2.05) is 23.6 Å². The van der Waals surface area contributed by atoms with Crippen molar-refractivity contribution in [3.05, 3.63) is 35.6 Å². The van der Waals surface area contributed by atoms with Crippen LogP contribution < -0.4 is 0 Å². The van der Waals surface area contributed by atoms with E-state index in [1.165, 1.54) is 6.07 Å². The van der Waals surface area contributed by atoms with Crippen molar-refractivity contribution in [2.45, 2.75) is 39.2 Å². The smallest absolute Gasteiger partial charge is 0.317 e. The maximum absolute atomic E-state index is 13.8. The molecule has 0 radical (unpaired) electrons. The van der Waals surface area contributed by atoms with E-state index < -0.39 is 5.97 Å². The summed E-state index contributed by atoms with van der Waals surface area (Å²) in [6, 6.07) is 6.76. The highest BCUT2D eigenvalue weighted by Gasteiger charge is 2.29. The van der Waals surface area contributed by atoms with Crippen LogP contribution in [0.3, 0.4) is 0 Å². The van der Waals surface area contributed by atoms with Crippen molar-refractivity contribution in [1.29, 1.82) is 0 Å². The number of carboxylic acids is 1. The van der Waals surface area contributed by atoms with E-state index in [9.17, 15) is 14.0 Å². The minimum Gasteiger partial charge on any atom is -0.480 e. The van der Waals surface area contributed by atoms with Crippen LogP contribution in [-0.2, 0) is 16.0 Å². The standard InChI is InChI=1S/C19H27FN2O3/c1-3-21(13-18(23)24)16-8-10-22(11-9-16)19(25)14(2)12-15-6-4-5-7-17(15)20/h4-7,14,16H,3,8-13H2,1-2H3,(H,23,24). The fraction of sp³-hybridized carbons (Fsp3) is 0.579. The summed E-state index contributed by atoms with van der Waals surface area (Å²) >= 11 is 0. The van der Waals surface area contributed by atoms with E-state index in [0.717, 1.165) is 12.8 Å². The Bertz CT molecular complexity index is 600. The van der Waals surface area contributed by atoms with E-state index in [0.29, 0.717) is 31.6 Å². The van der Waals surface area contributed by atoms with Gasteiger partial charge in [-0.3, -0.25) is 14.5 Å². The van der Waals surface area contributed by atoms with Gasteiger partial charge in [-0.15, -0.1) is 0 Å². The van der Waals surface area contributed by atoms with Crippen molar-refractivity contribution in [2.75, 3.05) is 26.2 Å². The van der Waals surface area contributed by atoms with E-state index in [1.54, 1.807) is 18.2 Å². The molecule has 1 aliphatic heterocycles. The Morgan fingerprint density at radius 2 is 1.96 bits per heavy atom. The second-order valence-electron chi connectivity index (χ2n) is 6.71. The molecular formula is C19H27FN2O3. The average molecular weight is 350 g/mol. The molecule has 25 heavy (non-hydrogen) atoms. The zero-order chi connectivity index (χ0) is 18.4. The molecule has 138 valence electrons. The van der Waals surface area contributed by atoms with Gasteiger partial charge in [0.25, 0.3) is 0 Å². The number of likely N-dealkylation sites (N-methyl/N-ethyl adjacent to an activating group) is 1. The summed E-state index contributed by atoms with van der Waals surface area (Å²) < 4.78 is 13.8. The second-order valence-corrected chi connectivity index (χ2v) is 6.71. The van der Waals surface area contributed by atoms with Crippen LogP contribution in [0.2, 0.25) is 0 Å². The molecule has 6 heteroatoms. The highest BCUT2D eigenvalue weighted by molar-refractivity contribution is 5.79. The lowest BCUT2D eigenvalue weighted by atomic mass is 9.97. The first-order chi connectivity index (χ1) is 11.9. The number of hydrogen-bond donors (Lipinski definition) is 1. The van der Waals surface area contributed by atoms with Crippen molar-refractivity contribution < 1.29 is 19.1 Å². The van der Waals surface area contributed by atoms with Crippen LogP contribution >= 0.6 is 0 Å². The summed E-state index contributed by atoms with van der Waals surface area (Å²) in [5.74, 6) is -1.32. The first kappa shape index (κ1) is 19.4. The lowest BCUT2D eigenvalue weighted by Crippen LogP contribution is -2.49. The SMILES string of the molecule is CCN(CC(=O)O)C1CCN(C(=O)C(C)Cc2ccccc2F)CC1. The molecule has 1 aromatic rings. The molecule has 1 saturated heterocycles. The number of benzene rings is 1. The van der Waals surface area contributed by atoms with Gasteiger partial charge >= 0.3 is 5.97 Å². The van der Waals surface area contributed by atoms with Gasteiger partial charge in [0.15, 0.2) is 0 Å². The largest absolute Gasteiger partial charge is 0.480 e.